The number of halogens is 1. The van der Waals surface area contributed by atoms with Gasteiger partial charge in [0, 0.05) is 0 Å². The highest BCUT2D eigenvalue weighted by Crippen LogP contribution is 2.20. The van der Waals surface area contributed by atoms with E-state index in [-0.39, 0.29) is 24.7 Å². The van der Waals surface area contributed by atoms with Crippen LogP contribution < -0.4 is 16.0 Å². The molecular weight excluding hydrogens is 271 g/mol. The molecule has 0 saturated carbocycles. The molecule has 5 heteroatoms. The molecule has 3 N–H and O–H groups in total. The zero-order chi connectivity index (χ0) is 15.2. The van der Waals surface area contributed by atoms with E-state index in [1.165, 1.54) is 6.07 Å². The lowest BCUT2D eigenvalue weighted by Crippen LogP contribution is -2.31. The van der Waals surface area contributed by atoms with Crippen LogP contribution in [0.3, 0.4) is 0 Å². The van der Waals surface area contributed by atoms with Crippen LogP contribution in [0.1, 0.15) is 16.7 Å². The Labute approximate surface area is 122 Å². The predicted octanol–water partition coefficient (Wildman–Crippen LogP) is 2.25. The van der Waals surface area contributed by atoms with Gasteiger partial charge in [-0.1, -0.05) is 30.3 Å². The highest BCUT2D eigenvalue weighted by Gasteiger charge is 2.09. The minimum absolute atomic E-state index is 0.159. The van der Waals surface area contributed by atoms with Crippen LogP contribution >= 0.6 is 0 Å². The summed E-state index contributed by atoms with van der Waals surface area (Å²) in [4.78, 5) is 11.4. The van der Waals surface area contributed by atoms with Crippen molar-refractivity contribution >= 4 is 5.91 Å². The fraction of sp³-hybridized carbons (Fsp3) is 0.188. The number of carbonyl (C=O) groups excluding carboxylic acids is 1. The van der Waals surface area contributed by atoms with Crippen molar-refractivity contribution in [3.8, 4) is 5.75 Å². The van der Waals surface area contributed by atoms with E-state index in [1.807, 2.05) is 31.2 Å². The summed E-state index contributed by atoms with van der Waals surface area (Å²) < 4.78 is 19.2. The Kier molecular flexibility index (Phi) is 4.90. The zero-order valence-electron chi connectivity index (χ0n) is 11.7. The molecule has 110 valence electrons. The molecule has 1 amide bonds. The van der Waals surface area contributed by atoms with Crippen LogP contribution in [0.2, 0.25) is 0 Å². The van der Waals surface area contributed by atoms with Gasteiger partial charge < -0.3 is 4.74 Å². The van der Waals surface area contributed by atoms with Crippen LogP contribution in [0.15, 0.2) is 42.5 Å². The summed E-state index contributed by atoms with van der Waals surface area (Å²) >= 11 is 0. The number of ether oxygens (including phenoxy) is 1. The Morgan fingerprint density at radius 2 is 1.95 bits per heavy atom. The maximum absolute atomic E-state index is 13.6. The SMILES string of the molecule is Cc1ccc(F)c(OCc2ccccc2CC(=O)NN)c1. The second kappa shape index (κ2) is 6.85. The summed E-state index contributed by atoms with van der Waals surface area (Å²) in [7, 11) is 0. The molecule has 0 aliphatic carbocycles. The van der Waals surface area contributed by atoms with Crippen molar-refractivity contribution in [3.63, 3.8) is 0 Å². The van der Waals surface area contributed by atoms with Crippen LogP contribution in [0.5, 0.6) is 5.75 Å². The number of hydrogen-bond acceptors (Lipinski definition) is 3. The molecule has 0 aliphatic rings. The molecule has 2 rings (SSSR count). The largest absolute Gasteiger partial charge is 0.486 e. The van der Waals surface area contributed by atoms with Gasteiger partial charge in [-0.25, -0.2) is 10.2 Å². The molecule has 0 bridgehead atoms. The molecule has 0 radical (unpaired) electrons. The van der Waals surface area contributed by atoms with E-state index >= 15 is 0 Å². The zero-order valence-corrected chi connectivity index (χ0v) is 11.7. The first kappa shape index (κ1) is 15.0. The second-order valence-electron chi connectivity index (χ2n) is 4.74. The van der Waals surface area contributed by atoms with Crippen molar-refractivity contribution in [1.82, 2.24) is 5.43 Å². The van der Waals surface area contributed by atoms with Gasteiger partial charge in [-0.15, -0.1) is 0 Å². The minimum atomic E-state index is -0.405. The molecular formula is C16H17FN2O2. The van der Waals surface area contributed by atoms with Gasteiger partial charge in [0.15, 0.2) is 11.6 Å². The molecule has 0 atom stereocenters. The van der Waals surface area contributed by atoms with E-state index in [0.29, 0.717) is 0 Å². The molecule has 2 aromatic carbocycles. The average molecular weight is 288 g/mol. The third-order valence-electron chi connectivity index (χ3n) is 3.10. The summed E-state index contributed by atoms with van der Waals surface area (Å²) in [5, 5.41) is 0. The molecule has 0 aromatic heterocycles. The molecule has 0 aliphatic heterocycles. The van der Waals surface area contributed by atoms with Gasteiger partial charge in [0.25, 0.3) is 0 Å². The van der Waals surface area contributed by atoms with Crippen LogP contribution in [0, 0.1) is 12.7 Å². The molecule has 4 nitrogen and oxygen atoms in total. The summed E-state index contributed by atoms with van der Waals surface area (Å²) in [5.41, 5.74) is 4.63. The van der Waals surface area contributed by atoms with Crippen molar-refractivity contribution in [2.45, 2.75) is 20.0 Å². The summed E-state index contributed by atoms with van der Waals surface area (Å²) in [5.74, 6) is 4.60. The number of rotatable bonds is 5. The number of nitrogens with two attached hydrogens (primary N) is 1. The monoisotopic (exact) mass is 288 g/mol. The standard InChI is InChI=1S/C16H17FN2O2/c1-11-6-7-14(17)15(8-11)21-10-13-5-3-2-4-12(13)9-16(20)19-18/h2-8H,9-10,18H2,1H3,(H,19,20). The molecule has 2 aromatic rings. The Morgan fingerprint density at radius 1 is 1.24 bits per heavy atom. The second-order valence-corrected chi connectivity index (χ2v) is 4.74. The van der Waals surface area contributed by atoms with E-state index < -0.39 is 5.82 Å². The lowest BCUT2D eigenvalue weighted by atomic mass is 10.1. The Hall–Kier alpha value is -2.40. The Balaban J connectivity index is 2.13. The molecule has 21 heavy (non-hydrogen) atoms. The van der Waals surface area contributed by atoms with Crippen LogP contribution in [0.25, 0.3) is 0 Å². The normalized spacial score (nSPS) is 10.2. The smallest absolute Gasteiger partial charge is 0.238 e. The molecule has 0 fully saturated rings. The third-order valence-corrected chi connectivity index (χ3v) is 3.10. The first-order valence-electron chi connectivity index (χ1n) is 6.55. The number of hydrazine groups is 1. The number of benzene rings is 2. The highest BCUT2D eigenvalue weighted by atomic mass is 19.1. The average Bonchev–Trinajstić information content (AvgIpc) is 2.49. The van der Waals surface area contributed by atoms with Gasteiger partial charge in [-0.05, 0) is 35.7 Å². The number of hydrogen-bond donors (Lipinski definition) is 2. The van der Waals surface area contributed by atoms with E-state index in [1.54, 1.807) is 12.1 Å². The van der Waals surface area contributed by atoms with Gasteiger partial charge in [-0.2, -0.15) is 0 Å². The fourth-order valence-corrected chi connectivity index (χ4v) is 1.97. The lowest BCUT2D eigenvalue weighted by molar-refractivity contribution is -0.120. The molecule has 0 unspecified atom stereocenters. The molecule has 0 heterocycles. The van der Waals surface area contributed by atoms with Gasteiger partial charge >= 0.3 is 0 Å². The minimum Gasteiger partial charge on any atom is -0.486 e. The summed E-state index contributed by atoms with van der Waals surface area (Å²) in [6.45, 7) is 2.06. The Bertz CT molecular complexity index is 644. The van der Waals surface area contributed by atoms with Gasteiger partial charge in [-0.3, -0.25) is 10.2 Å². The van der Waals surface area contributed by atoms with Crippen molar-refractivity contribution in [1.29, 1.82) is 0 Å². The van der Waals surface area contributed by atoms with Crippen LogP contribution in [-0.2, 0) is 17.8 Å². The van der Waals surface area contributed by atoms with Crippen molar-refractivity contribution in [3.05, 3.63) is 65.0 Å². The molecule has 0 spiro atoms. The van der Waals surface area contributed by atoms with Crippen LogP contribution in [0.4, 0.5) is 4.39 Å². The number of aryl methyl sites for hydroxylation is 1. The number of amides is 1. The fourth-order valence-electron chi connectivity index (χ4n) is 1.97. The third kappa shape index (κ3) is 4.03. The van der Waals surface area contributed by atoms with Gasteiger partial charge in [0.1, 0.15) is 6.61 Å². The number of nitrogens with one attached hydrogen (secondary N) is 1. The van der Waals surface area contributed by atoms with E-state index in [2.05, 4.69) is 5.43 Å². The maximum Gasteiger partial charge on any atom is 0.238 e. The van der Waals surface area contributed by atoms with Crippen molar-refractivity contribution < 1.29 is 13.9 Å². The first-order chi connectivity index (χ1) is 10.1. The van der Waals surface area contributed by atoms with Crippen molar-refractivity contribution in [2.75, 3.05) is 0 Å². The quantitative estimate of drug-likeness (QED) is 0.504. The maximum atomic E-state index is 13.6. The first-order valence-corrected chi connectivity index (χ1v) is 6.55. The predicted molar refractivity (Wildman–Crippen MR) is 77.9 cm³/mol. The van der Waals surface area contributed by atoms with Gasteiger partial charge in [0.2, 0.25) is 5.91 Å². The number of carbonyl (C=O) groups is 1. The summed E-state index contributed by atoms with van der Waals surface area (Å²) in [6.07, 6.45) is 0.159. The van der Waals surface area contributed by atoms with E-state index in [0.717, 1.165) is 16.7 Å². The van der Waals surface area contributed by atoms with Crippen molar-refractivity contribution in [2.24, 2.45) is 5.84 Å². The Morgan fingerprint density at radius 3 is 2.67 bits per heavy atom. The van der Waals surface area contributed by atoms with Gasteiger partial charge in [0.05, 0.1) is 6.42 Å². The summed E-state index contributed by atoms with van der Waals surface area (Å²) in [6, 6.07) is 12.0. The van der Waals surface area contributed by atoms with Crippen LogP contribution in [-0.4, -0.2) is 5.91 Å². The van der Waals surface area contributed by atoms with E-state index in [9.17, 15) is 9.18 Å². The van der Waals surface area contributed by atoms with E-state index in [4.69, 9.17) is 10.6 Å². The molecule has 0 saturated heterocycles. The topological polar surface area (TPSA) is 64.3 Å². The highest BCUT2D eigenvalue weighted by molar-refractivity contribution is 5.78. The lowest BCUT2D eigenvalue weighted by Gasteiger charge is -2.11.